The molecular formula is C43H86N3O2+. The lowest BCUT2D eigenvalue weighted by Crippen LogP contribution is -2.57. The van der Waals surface area contributed by atoms with Crippen molar-refractivity contribution in [2.75, 3.05) is 39.4 Å². The van der Waals surface area contributed by atoms with Crippen molar-refractivity contribution < 1.29 is 14.1 Å². The molecule has 0 bridgehead atoms. The van der Waals surface area contributed by atoms with E-state index in [0.717, 1.165) is 56.7 Å². The number of likely N-dealkylation sites (tertiary alicyclic amines) is 1. The maximum atomic E-state index is 12.7. The summed E-state index contributed by atoms with van der Waals surface area (Å²) in [5.41, 5.74) is 0. The molecule has 1 rings (SSSR count). The fourth-order valence-corrected chi connectivity index (χ4v) is 7.70. The van der Waals surface area contributed by atoms with Gasteiger partial charge in [0.05, 0.1) is 26.2 Å². The van der Waals surface area contributed by atoms with Crippen LogP contribution in [0.25, 0.3) is 0 Å². The first-order chi connectivity index (χ1) is 23.6. The SMILES string of the molecule is CCCCCCCCCCCCCCCCCC(=O)NCC[N+](CC)(CCCCCCCCCCCCCCCC)CN1CCCC1=O. The number of rotatable bonds is 37. The Labute approximate surface area is 301 Å². The Balaban J connectivity index is 2.15. The molecule has 1 fully saturated rings. The third-order valence-corrected chi connectivity index (χ3v) is 11.2. The van der Waals surface area contributed by atoms with Crippen LogP contribution in [0.1, 0.15) is 226 Å². The van der Waals surface area contributed by atoms with E-state index in [0.29, 0.717) is 18.7 Å². The van der Waals surface area contributed by atoms with E-state index in [2.05, 4.69) is 31.0 Å². The van der Waals surface area contributed by atoms with Crippen LogP contribution in [-0.4, -0.2) is 60.6 Å². The third-order valence-electron chi connectivity index (χ3n) is 11.2. The van der Waals surface area contributed by atoms with Crippen LogP contribution < -0.4 is 5.32 Å². The van der Waals surface area contributed by atoms with Crippen LogP contribution in [0.5, 0.6) is 0 Å². The summed E-state index contributed by atoms with van der Waals surface area (Å²) >= 11 is 0. The molecule has 0 radical (unpaired) electrons. The number of nitrogens with one attached hydrogen (secondary N) is 1. The molecule has 0 saturated carbocycles. The first kappa shape index (κ1) is 44.9. The summed E-state index contributed by atoms with van der Waals surface area (Å²) in [5, 5.41) is 3.25. The molecule has 1 atom stereocenters. The van der Waals surface area contributed by atoms with E-state index in [4.69, 9.17) is 0 Å². The molecule has 1 unspecified atom stereocenters. The number of nitrogens with zero attached hydrogens (tertiary/aromatic N) is 2. The fourth-order valence-electron chi connectivity index (χ4n) is 7.70. The van der Waals surface area contributed by atoms with Crippen molar-refractivity contribution >= 4 is 11.8 Å². The van der Waals surface area contributed by atoms with Crippen molar-refractivity contribution in [3.05, 3.63) is 0 Å². The normalized spacial score (nSPS) is 14.6. The standard InChI is InChI=1S/C43H85N3O2/c1-4-7-9-11-13-15-17-19-21-22-24-26-28-30-32-35-42(47)44-37-40-46(6-3,41-45-38-34-36-43(45)48)39-33-31-29-27-25-23-20-18-16-14-12-10-8-5-2/h4-41H2,1-3H3/p+1. The van der Waals surface area contributed by atoms with Crippen LogP contribution in [0.2, 0.25) is 0 Å². The number of carbonyl (C=O) groups excluding carboxylic acids is 2. The van der Waals surface area contributed by atoms with Crippen LogP contribution in [-0.2, 0) is 9.59 Å². The van der Waals surface area contributed by atoms with Crippen LogP contribution >= 0.6 is 0 Å². The second-order valence-electron chi connectivity index (χ2n) is 15.7. The average molecular weight is 677 g/mol. The summed E-state index contributed by atoms with van der Waals surface area (Å²) < 4.78 is 0.934. The molecule has 5 nitrogen and oxygen atoms in total. The molecule has 1 aliphatic rings. The Morgan fingerprint density at radius 3 is 1.33 bits per heavy atom. The van der Waals surface area contributed by atoms with Gasteiger partial charge in [-0.05, 0) is 32.6 Å². The molecule has 284 valence electrons. The maximum absolute atomic E-state index is 12.7. The molecule has 0 aromatic rings. The predicted molar refractivity (Wildman–Crippen MR) is 209 cm³/mol. The van der Waals surface area contributed by atoms with E-state index in [-0.39, 0.29) is 5.91 Å². The van der Waals surface area contributed by atoms with Gasteiger partial charge in [0.2, 0.25) is 11.8 Å². The van der Waals surface area contributed by atoms with Gasteiger partial charge >= 0.3 is 0 Å². The molecule has 2 amide bonds. The molecule has 1 saturated heterocycles. The first-order valence-electron chi connectivity index (χ1n) is 22.0. The third kappa shape index (κ3) is 25.8. The Morgan fingerprint density at radius 1 is 0.562 bits per heavy atom. The Morgan fingerprint density at radius 2 is 0.958 bits per heavy atom. The van der Waals surface area contributed by atoms with E-state index < -0.39 is 0 Å². The number of quaternary nitrogens is 1. The molecule has 0 aromatic carbocycles. The summed E-state index contributed by atoms with van der Waals surface area (Å²) in [4.78, 5) is 27.3. The maximum Gasteiger partial charge on any atom is 0.226 e. The number of carbonyl (C=O) groups is 2. The summed E-state index contributed by atoms with van der Waals surface area (Å²) in [7, 11) is 0. The zero-order valence-electron chi connectivity index (χ0n) is 33.1. The monoisotopic (exact) mass is 677 g/mol. The average Bonchev–Trinajstić information content (AvgIpc) is 3.49. The van der Waals surface area contributed by atoms with E-state index in [1.807, 2.05) is 0 Å². The highest BCUT2D eigenvalue weighted by Crippen LogP contribution is 2.19. The topological polar surface area (TPSA) is 49.4 Å². The summed E-state index contributed by atoms with van der Waals surface area (Å²) in [6.45, 7) is 12.4. The van der Waals surface area contributed by atoms with Gasteiger partial charge in [-0.1, -0.05) is 181 Å². The first-order valence-corrected chi connectivity index (χ1v) is 22.0. The van der Waals surface area contributed by atoms with Gasteiger partial charge in [0.25, 0.3) is 0 Å². The van der Waals surface area contributed by atoms with E-state index in [9.17, 15) is 9.59 Å². The van der Waals surface area contributed by atoms with E-state index in [1.54, 1.807) is 0 Å². The molecule has 0 spiro atoms. The van der Waals surface area contributed by atoms with E-state index >= 15 is 0 Å². The molecule has 48 heavy (non-hydrogen) atoms. The van der Waals surface area contributed by atoms with Crippen LogP contribution in [0.3, 0.4) is 0 Å². The van der Waals surface area contributed by atoms with Crippen molar-refractivity contribution in [3.8, 4) is 0 Å². The second-order valence-corrected chi connectivity index (χ2v) is 15.7. The van der Waals surface area contributed by atoms with Crippen molar-refractivity contribution in [1.82, 2.24) is 10.2 Å². The van der Waals surface area contributed by atoms with Gasteiger partial charge in [-0.3, -0.25) is 14.5 Å². The highest BCUT2D eigenvalue weighted by molar-refractivity contribution is 5.77. The van der Waals surface area contributed by atoms with Crippen molar-refractivity contribution in [1.29, 1.82) is 0 Å². The smallest absolute Gasteiger partial charge is 0.226 e. The van der Waals surface area contributed by atoms with Gasteiger partial charge in [0, 0.05) is 19.4 Å². The highest BCUT2D eigenvalue weighted by atomic mass is 16.2. The number of amides is 2. The van der Waals surface area contributed by atoms with Crippen molar-refractivity contribution in [2.45, 2.75) is 226 Å². The fraction of sp³-hybridized carbons (Fsp3) is 0.953. The van der Waals surface area contributed by atoms with Crippen LogP contribution in [0, 0.1) is 0 Å². The van der Waals surface area contributed by atoms with Crippen molar-refractivity contribution in [2.24, 2.45) is 0 Å². The summed E-state index contributed by atoms with van der Waals surface area (Å²) in [6.07, 6.45) is 41.9. The number of likely N-dealkylation sites (N-methyl/N-ethyl adjacent to an activating group) is 1. The molecule has 1 aliphatic heterocycles. The minimum Gasteiger partial charge on any atom is -0.350 e. The Hall–Kier alpha value is -1.10. The van der Waals surface area contributed by atoms with Gasteiger partial charge in [0.15, 0.2) is 6.67 Å². The Bertz CT molecular complexity index is 729. The van der Waals surface area contributed by atoms with Gasteiger partial charge in [-0.2, -0.15) is 0 Å². The zero-order chi connectivity index (χ0) is 34.8. The second kappa shape index (κ2) is 33.1. The highest BCUT2D eigenvalue weighted by Gasteiger charge is 2.32. The minimum absolute atomic E-state index is 0.215. The van der Waals surface area contributed by atoms with Gasteiger partial charge in [-0.25, -0.2) is 0 Å². The van der Waals surface area contributed by atoms with Crippen LogP contribution in [0.4, 0.5) is 0 Å². The molecule has 1 N–H and O–H groups in total. The minimum atomic E-state index is 0.215. The number of unbranched alkanes of at least 4 members (excludes halogenated alkanes) is 27. The summed E-state index contributed by atoms with van der Waals surface area (Å²) in [6, 6.07) is 0. The van der Waals surface area contributed by atoms with Crippen molar-refractivity contribution in [3.63, 3.8) is 0 Å². The molecule has 0 aromatic heterocycles. The quantitative estimate of drug-likeness (QED) is 0.0526. The lowest BCUT2D eigenvalue weighted by Gasteiger charge is -2.40. The largest absolute Gasteiger partial charge is 0.350 e. The van der Waals surface area contributed by atoms with Gasteiger partial charge in [0.1, 0.15) is 0 Å². The molecule has 0 aliphatic carbocycles. The van der Waals surface area contributed by atoms with Gasteiger partial charge < -0.3 is 9.80 Å². The van der Waals surface area contributed by atoms with E-state index in [1.165, 1.54) is 180 Å². The van der Waals surface area contributed by atoms with Gasteiger partial charge in [-0.15, -0.1) is 0 Å². The number of hydrogen-bond acceptors (Lipinski definition) is 2. The lowest BCUT2D eigenvalue weighted by atomic mass is 10.0. The molecule has 5 heteroatoms. The molecule has 1 heterocycles. The molecular weight excluding hydrogens is 590 g/mol. The predicted octanol–water partition coefficient (Wildman–Crippen LogP) is 12.3. The van der Waals surface area contributed by atoms with Crippen LogP contribution in [0.15, 0.2) is 0 Å². The Kier molecular flexibility index (Phi) is 30.9. The zero-order valence-corrected chi connectivity index (χ0v) is 33.1. The lowest BCUT2D eigenvalue weighted by molar-refractivity contribution is -0.933. The summed E-state index contributed by atoms with van der Waals surface area (Å²) in [5.74, 6) is 0.539. The number of hydrogen-bond donors (Lipinski definition) is 1.